The highest BCUT2D eigenvalue weighted by Crippen LogP contribution is 2.15. The molecule has 0 aliphatic heterocycles. The second kappa shape index (κ2) is 6.02. The highest BCUT2D eigenvalue weighted by molar-refractivity contribution is 5.53. The first kappa shape index (κ1) is 11.5. The molecule has 1 aromatic heterocycles. The van der Waals surface area contributed by atoms with Crippen molar-refractivity contribution in [1.82, 2.24) is 4.98 Å². The molecule has 1 N–H and O–H groups in total. The van der Waals surface area contributed by atoms with Crippen LogP contribution in [0.4, 0.5) is 5.69 Å². The van der Waals surface area contributed by atoms with Crippen LogP contribution < -0.4 is 5.32 Å². The van der Waals surface area contributed by atoms with Gasteiger partial charge in [0.1, 0.15) is 6.07 Å². The molecule has 0 bridgehead atoms. The predicted octanol–water partition coefficient (Wildman–Crippen LogP) is 2.94. The largest absolute Gasteiger partial charge is 0.380 e. The van der Waals surface area contributed by atoms with Crippen molar-refractivity contribution in [1.29, 1.82) is 5.26 Å². The zero-order chi connectivity index (χ0) is 11.1. The Labute approximate surface area is 91.1 Å². The molecule has 0 fully saturated rings. The van der Waals surface area contributed by atoms with Crippen LogP contribution in [0.25, 0.3) is 0 Å². The van der Waals surface area contributed by atoms with Gasteiger partial charge in [0.05, 0.1) is 5.69 Å². The molecule has 0 radical (unpaired) electrons. The van der Waals surface area contributed by atoms with Crippen LogP contribution in [0.2, 0.25) is 0 Å². The molecule has 0 saturated carbocycles. The lowest BCUT2D eigenvalue weighted by molar-refractivity contribution is 0.622. The van der Waals surface area contributed by atoms with Gasteiger partial charge in [-0.15, -0.1) is 0 Å². The van der Waals surface area contributed by atoms with E-state index in [2.05, 4.69) is 30.2 Å². The molecular weight excluding hydrogens is 186 g/mol. The number of nitrogens with one attached hydrogen (secondary N) is 1. The summed E-state index contributed by atoms with van der Waals surface area (Å²) >= 11 is 0. The average Bonchev–Trinajstić information content (AvgIpc) is 2.29. The molecule has 0 aliphatic carbocycles. The van der Waals surface area contributed by atoms with E-state index in [1.165, 1.54) is 0 Å². The van der Waals surface area contributed by atoms with Crippen LogP contribution in [0.3, 0.4) is 0 Å². The smallest absolute Gasteiger partial charge is 0.163 e. The Hall–Kier alpha value is -1.56. The van der Waals surface area contributed by atoms with Crippen molar-refractivity contribution in [3.8, 4) is 6.07 Å². The molecule has 0 aliphatic rings. The minimum absolute atomic E-state index is 0.436. The van der Waals surface area contributed by atoms with Crippen LogP contribution in [0, 0.1) is 11.3 Å². The normalized spacial score (nSPS) is 11.8. The van der Waals surface area contributed by atoms with Crippen molar-refractivity contribution >= 4 is 5.69 Å². The Kier molecular flexibility index (Phi) is 4.62. The first-order chi connectivity index (χ1) is 7.31. The van der Waals surface area contributed by atoms with Gasteiger partial charge in [-0.25, -0.2) is 4.98 Å². The van der Waals surface area contributed by atoms with Crippen LogP contribution in [-0.4, -0.2) is 11.0 Å². The fourth-order valence-corrected chi connectivity index (χ4v) is 1.56. The first-order valence-corrected chi connectivity index (χ1v) is 5.43. The molecule has 3 nitrogen and oxygen atoms in total. The van der Waals surface area contributed by atoms with Crippen molar-refractivity contribution in [2.45, 2.75) is 39.2 Å². The molecule has 80 valence electrons. The highest BCUT2D eigenvalue weighted by atomic mass is 14.9. The molecule has 0 spiro atoms. The molecule has 1 aromatic rings. The summed E-state index contributed by atoms with van der Waals surface area (Å²) in [5, 5.41) is 12.2. The van der Waals surface area contributed by atoms with Gasteiger partial charge < -0.3 is 5.32 Å². The van der Waals surface area contributed by atoms with E-state index in [0.29, 0.717) is 11.7 Å². The molecule has 15 heavy (non-hydrogen) atoms. The summed E-state index contributed by atoms with van der Waals surface area (Å²) in [4.78, 5) is 4.02. The molecule has 3 heteroatoms. The third-order valence-electron chi connectivity index (χ3n) is 2.40. The van der Waals surface area contributed by atoms with Gasteiger partial charge in [0.2, 0.25) is 0 Å². The van der Waals surface area contributed by atoms with E-state index in [-0.39, 0.29) is 0 Å². The summed E-state index contributed by atoms with van der Waals surface area (Å²) in [7, 11) is 0. The fourth-order valence-electron chi connectivity index (χ4n) is 1.56. The van der Waals surface area contributed by atoms with Gasteiger partial charge in [-0.1, -0.05) is 20.3 Å². The molecular formula is C12H17N3. The van der Waals surface area contributed by atoms with Crippen LogP contribution in [0.5, 0.6) is 0 Å². The second-order valence-corrected chi connectivity index (χ2v) is 3.55. The maximum absolute atomic E-state index is 8.88. The van der Waals surface area contributed by atoms with E-state index in [9.17, 15) is 0 Å². The first-order valence-electron chi connectivity index (χ1n) is 5.43. The molecule has 1 unspecified atom stereocenters. The predicted molar refractivity (Wildman–Crippen MR) is 61.6 cm³/mol. The number of nitrogens with zero attached hydrogens (tertiary/aromatic N) is 2. The van der Waals surface area contributed by atoms with Gasteiger partial charge in [-0.3, -0.25) is 0 Å². The minimum atomic E-state index is 0.436. The summed E-state index contributed by atoms with van der Waals surface area (Å²) in [6.07, 6.45) is 4.97. The van der Waals surface area contributed by atoms with Gasteiger partial charge in [0.15, 0.2) is 5.69 Å². The molecule has 0 saturated heterocycles. The maximum Gasteiger partial charge on any atom is 0.163 e. The zero-order valence-corrected chi connectivity index (χ0v) is 9.33. The van der Waals surface area contributed by atoms with E-state index in [1.807, 2.05) is 12.1 Å². The fraction of sp³-hybridized carbons (Fsp3) is 0.500. The SMILES string of the molecule is CCCC(CC)Nc1cccnc1C#N. The molecule has 1 rings (SSSR count). The van der Waals surface area contributed by atoms with Crippen molar-refractivity contribution in [3.05, 3.63) is 24.0 Å². The summed E-state index contributed by atoms with van der Waals surface area (Å²) in [6.45, 7) is 4.31. The number of aromatic nitrogens is 1. The summed E-state index contributed by atoms with van der Waals surface area (Å²) in [6, 6.07) is 6.29. The molecule has 1 atom stereocenters. The maximum atomic E-state index is 8.88. The number of hydrogen-bond acceptors (Lipinski definition) is 3. The molecule has 0 aromatic carbocycles. The molecule has 1 heterocycles. The van der Waals surface area contributed by atoms with Crippen LogP contribution in [-0.2, 0) is 0 Å². The van der Waals surface area contributed by atoms with E-state index < -0.39 is 0 Å². The monoisotopic (exact) mass is 203 g/mol. The lowest BCUT2D eigenvalue weighted by Crippen LogP contribution is -2.18. The van der Waals surface area contributed by atoms with E-state index in [4.69, 9.17) is 5.26 Å². The van der Waals surface area contributed by atoms with E-state index in [0.717, 1.165) is 24.9 Å². The van der Waals surface area contributed by atoms with Gasteiger partial charge in [-0.05, 0) is 25.0 Å². The quantitative estimate of drug-likeness (QED) is 0.800. The van der Waals surface area contributed by atoms with Crippen molar-refractivity contribution in [2.24, 2.45) is 0 Å². The Balaban J connectivity index is 2.74. The van der Waals surface area contributed by atoms with Crippen LogP contribution >= 0.6 is 0 Å². The number of anilines is 1. The number of rotatable bonds is 5. The van der Waals surface area contributed by atoms with Crippen molar-refractivity contribution in [2.75, 3.05) is 5.32 Å². The Morgan fingerprint density at radius 3 is 2.93 bits per heavy atom. The minimum Gasteiger partial charge on any atom is -0.380 e. The van der Waals surface area contributed by atoms with Gasteiger partial charge in [0.25, 0.3) is 0 Å². The lowest BCUT2D eigenvalue weighted by atomic mass is 10.1. The highest BCUT2D eigenvalue weighted by Gasteiger charge is 2.07. The number of nitriles is 1. The van der Waals surface area contributed by atoms with Crippen molar-refractivity contribution < 1.29 is 0 Å². The Morgan fingerprint density at radius 1 is 1.53 bits per heavy atom. The summed E-state index contributed by atoms with van der Waals surface area (Å²) < 4.78 is 0. The Bertz CT molecular complexity index is 341. The van der Waals surface area contributed by atoms with Gasteiger partial charge in [-0.2, -0.15) is 5.26 Å². The number of pyridine rings is 1. The third kappa shape index (κ3) is 3.25. The van der Waals surface area contributed by atoms with Crippen molar-refractivity contribution in [3.63, 3.8) is 0 Å². The lowest BCUT2D eigenvalue weighted by Gasteiger charge is -2.17. The number of hydrogen-bond donors (Lipinski definition) is 1. The van der Waals surface area contributed by atoms with Gasteiger partial charge >= 0.3 is 0 Å². The zero-order valence-electron chi connectivity index (χ0n) is 9.33. The van der Waals surface area contributed by atoms with Crippen LogP contribution in [0.15, 0.2) is 18.3 Å². The standard InChI is InChI=1S/C12H17N3/c1-3-6-10(4-2)15-11-7-5-8-14-12(11)9-13/h5,7-8,10,15H,3-4,6H2,1-2H3. The Morgan fingerprint density at radius 2 is 2.33 bits per heavy atom. The topological polar surface area (TPSA) is 48.7 Å². The third-order valence-corrected chi connectivity index (χ3v) is 2.40. The summed E-state index contributed by atoms with van der Waals surface area (Å²) in [5.74, 6) is 0. The van der Waals surface area contributed by atoms with Crippen LogP contribution in [0.1, 0.15) is 38.8 Å². The van der Waals surface area contributed by atoms with Gasteiger partial charge in [0, 0.05) is 12.2 Å². The summed E-state index contributed by atoms with van der Waals surface area (Å²) in [5.41, 5.74) is 1.33. The molecule has 0 amide bonds. The van der Waals surface area contributed by atoms with E-state index in [1.54, 1.807) is 6.20 Å². The average molecular weight is 203 g/mol. The second-order valence-electron chi connectivity index (χ2n) is 3.55. The van der Waals surface area contributed by atoms with E-state index >= 15 is 0 Å².